The Balaban J connectivity index is 1.80. The molecule has 0 saturated heterocycles. The van der Waals surface area contributed by atoms with Crippen molar-refractivity contribution in [2.45, 2.75) is 6.54 Å². The van der Waals surface area contributed by atoms with Crippen LogP contribution in [0.4, 0.5) is 5.13 Å². The van der Waals surface area contributed by atoms with Gasteiger partial charge in [0.05, 0.1) is 44.4 Å². The summed E-state index contributed by atoms with van der Waals surface area (Å²) in [5.74, 6) is 1.52. The van der Waals surface area contributed by atoms with Crippen molar-refractivity contribution in [3.05, 3.63) is 65.1 Å². The third-order valence-electron chi connectivity index (χ3n) is 4.62. The van der Waals surface area contributed by atoms with Crippen LogP contribution >= 0.6 is 22.9 Å². The van der Waals surface area contributed by atoms with Crippen LogP contribution in [0.3, 0.4) is 0 Å². The minimum Gasteiger partial charge on any atom is -0.493 e. The van der Waals surface area contributed by atoms with Gasteiger partial charge in [-0.1, -0.05) is 22.9 Å². The number of rotatable bonds is 7. The van der Waals surface area contributed by atoms with E-state index in [4.69, 9.17) is 30.2 Å². The molecule has 0 bridgehead atoms. The normalized spacial score (nSPS) is 10.8. The smallest absolute Gasteiger partial charge is 0.260 e. The van der Waals surface area contributed by atoms with Gasteiger partial charge in [-0.15, -0.1) is 0 Å². The molecule has 7 nitrogen and oxygen atoms in total. The van der Waals surface area contributed by atoms with E-state index >= 15 is 0 Å². The SMILES string of the molecule is COc1cc(C(=O)N(Cc2ccco2)c2nc3ccc(Cl)cc3s2)cc(OC)c1OC. The Morgan fingerprint density at radius 2 is 1.84 bits per heavy atom. The number of fused-ring (bicyclic) bond motifs is 1. The molecule has 4 rings (SSSR count). The summed E-state index contributed by atoms with van der Waals surface area (Å²) in [5, 5.41) is 1.13. The fraction of sp³-hybridized carbons (Fsp3) is 0.182. The summed E-state index contributed by atoms with van der Waals surface area (Å²) in [6, 6.07) is 12.2. The number of halogens is 1. The first kappa shape index (κ1) is 21.0. The zero-order valence-corrected chi connectivity index (χ0v) is 18.6. The lowest BCUT2D eigenvalue weighted by molar-refractivity contribution is 0.0982. The second-order valence-corrected chi connectivity index (χ2v) is 7.94. The Morgan fingerprint density at radius 3 is 2.45 bits per heavy atom. The lowest BCUT2D eigenvalue weighted by Gasteiger charge is -2.20. The molecule has 160 valence electrons. The highest BCUT2D eigenvalue weighted by Crippen LogP contribution is 2.39. The van der Waals surface area contributed by atoms with Gasteiger partial charge >= 0.3 is 0 Å². The van der Waals surface area contributed by atoms with Crippen LogP contribution < -0.4 is 19.1 Å². The standard InChI is InChI=1S/C22H19ClN2O5S/c1-27-17-9-13(10-18(28-2)20(17)29-3)21(26)25(12-15-5-4-8-30-15)22-24-16-7-6-14(23)11-19(16)31-22/h4-11H,12H2,1-3H3. The molecule has 0 fully saturated rings. The zero-order valence-electron chi connectivity index (χ0n) is 17.0. The Labute approximate surface area is 187 Å². The number of hydrogen-bond donors (Lipinski definition) is 0. The van der Waals surface area contributed by atoms with Crippen LogP contribution in [-0.2, 0) is 6.54 Å². The first-order valence-electron chi connectivity index (χ1n) is 9.24. The third kappa shape index (κ3) is 4.17. The molecule has 0 unspecified atom stereocenters. The van der Waals surface area contributed by atoms with Gasteiger partial charge in [0.15, 0.2) is 16.6 Å². The van der Waals surface area contributed by atoms with Crippen LogP contribution in [0.15, 0.2) is 53.1 Å². The highest BCUT2D eigenvalue weighted by atomic mass is 35.5. The molecule has 0 aliphatic rings. The lowest BCUT2D eigenvalue weighted by Crippen LogP contribution is -2.30. The first-order valence-corrected chi connectivity index (χ1v) is 10.4. The van der Waals surface area contributed by atoms with Gasteiger partial charge in [-0.25, -0.2) is 4.98 Å². The Hall–Kier alpha value is -3.23. The van der Waals surface area contributed by atoms with Crippen LogP contribution in [0.2, 0.25) is 5.02 Å². The van der Waals surface area contributed by atoms with Gasteiger partial charge < -0.3 is 18.6 Å². The predicted octanol–water partition coefficient (Wildman–Crippen LogP) is 5.42. The van der Waals surface area contributed by atoms with Crippen molar-refractivity contribution in [3.8, 4) is 17.2 Å². The highest BCUT2D eigenvalue weighted by Gasteiger charge is 2.25. The monoisotopic (exact) mass is 458 g/mol. The Morgan fingerprint density at radius 1 is 1.10 bits per heavy atom. The van der Waals surface area contributed by atoms with Gasteiger partial charge in [0.25, 0.3) is 5.91 Å². The van der Waals surface area contributed by atoms with Gasteiger partial charge in [-0.05, 0) is 42.5 Å². The Bertz CT molecular complexity index is 1200. The zero-order chi connectivity index (χ0) is 22.0. The average molecular weight is 459 g/mol. The number of anilines is 1. The summed E-state index contributed by atoms with van der Waals surface area (Å²) in [4.78, 5) is 19.8. The number of furan rings is 1. The van der Waals surface area contributed by atoms with E-state index in [2.05, 4.69) is 4.98 Å². The number of aromatic nitrogens is 1. The minimum absolute atomic E-state index is 0.204. The molecule has 0 spiro atoms. The van der Waals surface area contributed by atoms with Crippen molar-refractivity contribution in [2.24, 2.45) is 0 Å². The van der Waals surface area contributed by atoms with E-state index in [0.717, 1.165) is 10.2 Å². The summed E-state index contributed by atoms with van der Waals surface area (Å²) < 4.78 is 22.5. The van der Waals surface area contributed by atoms with Crippen molar-refractivity contribution in [1.29, 1.82) is 0 Å². The van der Waals surface area contributed by atoms with E-state index in [1.165, 1.54) is 32.7 Å². The van der Waals surface area contributed by atoms with E-state index in [1.807, 2.05) is 12.1 Å². The number of methoxy groups -OCH3 is 3. The first-order chi connectivity index (χ1) is 15.0. The van der Waals surface area contributed by atoms with E-state index in [-0.39, 0.29) is 12.5 Å². The van der Waals surface area contributed by atoms with E-state index in [0.29, 0.717) is 38.7 Å². The molecule has 0 aliphatic carbocycles. The Kier molecular flexibility index (Phi) is 6.01. The van der Waals surface area contributed by atoms with E-state index < -0.39 is 0 Å². The molecule has 2 aromatic carbocycles. The third-order valence-corrected chi connectivity index (χ3v) is 5.90. The maximum atomic E-state index is 13.6. The van der Waals surface area contributed by atoms with Crippen molar-refractivity contribution in [2.75, 3.05) is 26.2 Å². The molecular formula is C22H19ClN2O5S. The number of thiazole rings is 1. The topological polar surface area (TPSA) is 74.0 Å². The molecule has 0 aliphatic heterocycles. The molecule has 2 aromatic heterocycles. The molecule has 0 atom stereocenters. The lowest BCUT2D eigenvalue weighted by atomic mass is 10.1. The number of carbonyl (C=O) groups excluding carboxylic acids is 1. The highest BCUT2D eigenvalue weighted by molar-refractivity contribution is 7.22. The molecule has 31 heavy (non-hydrogen) atoms. The van der Waals surface area contributed by atoms with Crippen LogP contribution in [0, 0.1) is 0 Å². The number of benzene rings is 2. The average Bonchev–Trinajstić information content (AvgIpc) is 3.45. The number of carbonyl (C=O) groups is 1. The van der Waals surface area contributed by atoms with Gasteiger partial charge in [0, 0.05) is 10.6 Å². The van der Waals surface area contributed by atoms with Crippen molar-refractivity contribution in [1.82, 2.24) is 4.98 Å². The summed E-state index contributed by atoms with van der Waals surface area (Å²) in [6.07, 6.45) is 1.57. The summed E-state index contributed by atoms with van der Waals surface area (Å²) >= 11 is 7.49. The van der Waals surface area contributed by atoms with Crippen molar-refractivity contribution >= 4 is 44.2 Å². The molecule has 0 saturated carbocycles. The fourth-order valence-electron chi connectivity index (χ4n) is 3.15. The van der Waals surface area contributed by atoms with Crippen LogP contribution in [0.1, 0.15) is 16.1 Å². The van der Waals surface area contributed by atoms with Gasteiger partial charge in [-0.2, -0.15) is 0 Å². The molecule has 4 aromatic rings. The number of ether oxygens (including phenoxy) is 3. The summed E-state index contributed by atoms with van der Waals surface area (Å²) in [7, 11) is 4.52. The number of amides is 1. The van der Waals surface area contributed by atoms with Gasteiger partial charge in [0.2, 0.25) is 5.75 Å². The maximum absolute atomic E-state index is 13.6. The van der Waals surface area contributed by atoms with Crippen molar-refractivity contribution < 1.29 is 23.4 Å². The van der Waals surface area contributed by atoms with Crippen LogP contribution in [0.25, 0.3) is 10.2 Å². The second kappa shape index (κ2) is 8.87. The van der Waals surface area contributed by atoms with Crippen LogP contribution in [0.5, 0.6) is 17.2 Å². The van der Waals surface area contributed by atoms with E-state index in [1.54, 1.807) is 41.5 Å². The molecule has 9 heteroatoms. The number of hydrogen-bond acceptors (Lipinski definition) is 7. The quantitative estimate of drug-likeness (QED) is 0.368. The summed E-state index contributed by atoms with van der Waals surface area (Å²) in [5.41, 5.74) is 1.12. The largest absolute Gasteiger partial charge is 0.493 e. The van der Waals surface area contributed by atoms with Gasteiger partial charge in [-0.3, -0.25) is 9.69 Å². The predicted molar refractivity (Wildman–Crippen MR) is 120 cm³/mol. The van der Waals surface area contributed by atoms with Crippen molar-refractivity contribution in [3.63, 3.8) is 0 Å². The fourth-order valence-corrected chi connectivity index (χ4v) is 4.39. The number of nitrogens with zero attached hydrogens (tertiary/aromatic N) is 2. The molecule has 0 N–H and O–H groups in total. The van der Waals surface area contributed by atoms with Crippen LogP contribution in [-0.4, -0.2) is 32.2 Å². The maximum Gasteiger partial charge on any atom is 0.260 e. The molecule has 1 amide bonds. The molecule has 0 radical (unpaired) electrons. The second-order valence-electron chi connectivity index (χ2n) is 6.49. The molecular weight excluding hydrogens is 440 g/mol. The molecule has 2 heterocycles. The summed E-state index contributed by atoms with van der Waals surface area (Å²) in [6.45, 7) is 0.204. The van der Waals surface area contributed by atoms with E-state index in [9.17, 15) is 4.79 Å². The van der Waals surface area contributed by atoms with Gasteiger partial charge in [0.1, 0.15) is 5.76 Å². The minimum atomic E-state index is -0.291.